The molecule has 1 aromatic heterocycles. The molecule has 3 aromatic carbocycles. The first-order valence-corrected chi connectivity index (χ1v) is 14.4. The Balaban J connectivity index is 1.72. The molecular formula is C31H26BrN3O5S. The number of ketones is 1. The van der Waals surface area contributed by atoms with E-state index in [9.17, 15) is 14.4 Å². The number of thiazole rings is 1. The summed E-state index contributed by atoms with van der Waals surface area (Å²) in [7, 11) is 0. The normalized spacial score (nSPS) is 14.8. The first-order chi connectivity index (χ1) is 19.8. The van der Waals surface area contributed by atoms with E-state index in [-0.39, 0.29) is 17.9 Å². The average Bonchev–Trinajstić information content (AvgIpc) is 3.26. The van der Waals surface area contributed by atoms with Gasteiger partial charge < -0.3 is 15.2 Å². The molecule has 4 aromatic rings. The standard InChI is InChI=1S/C31H26BrN3O5S/c1-3-39-23-15-19(14-22(32)29(23)40-17-25(33)37)16-24-30(38)35-28(21-12-8-5-9-13-21)26(18(2)36)27(34-31(35)41-24)20-10-6-4-7-11-20/h4-16,28H,3,17H2,1-2H3,(H2,33,37)/b24-16+. The van der Waals surface area contributed by atoms with Crippen LogP contribution in [0.15, 0.2) is 92.6 Å². The minimum Gasteiger partial charge on any atom is -0.490 e. The number of fused-ring (bicyclic) bond motifs is 1. The smallest absolute Gasteiger partial charge is 0.271 e. The van der Waals surface area contributed by atoms with Gasteiger partial charge in [-0.25, -0.2) is 4.99 Å². The van der Waals surface area contributed by atoms with Gasteiger partial charge in [0.1, 0.15) is 0 Å². The molecule has 41 heavy (non-hydrogen) atoms. The molecule has 0 aliphatic carbocycles. The molecule has 0 bridgehead atoms. The van der Waals surface area contributed by atoms with Crippen LogP contribution in [0.1, 0.15) is 36.6 Å². The maximum absolute atomic E-state index is 14.0. The summed E-state index contributed by atoms with van der Waals surface area (Å²) in [6.07, 6.45) is 1.75. The minimum absolute atomic E-state index is 0.160. The van der Waals surface area contributed by atoms with Crippen LogP contribution in [0.2, 0.25) is 0 Å². The van der Waals surface area contributed by atoms with Crippen LogP contribution in [-0.4, -0.2) is 29.5 Å². The third-order valence-corrected chi connectivity index (χ3v) is 7.93. The third-order valence-electron chi connectivity index (χ3n) is 6.36. The molecule has 0 saturated heterocycles. The molecule has 1 atom stereocenters. The Hall–Kier alpha value is -4.28. The summed E-state index contributed by atoms with van der Waals surface area (Å²) >= 11 is 4.73. The van der Waals surface area contributed by atoms with E-state index < -0.39 is 11.9 Å². The van der Waals surface area contributed by atoms with E-state index >= 15 is 0 Å². The van der Waals surface area contributed by atoms with Crippen LogP contribution in [0.5, 0.6) is 11.5 Å². The van der Waals surface area contributed by atoms with E-state index in [1.165, 1.54) is 18.3 Å². The number of hydrogen-bond acceptors (Lipinski definition) is 7. The second-order valence-corrected chi connectivity index (χ2v) is 11.1. The van der Waals surface area contributed by atoms with Crippen LogP contribution in [0.4, 0.5) is 0 Å². The van der Waals surface area contributed by atoms with Crippen LogP contribution >= 0.6 is 27.3 Å². The van der Waals surface area contributed by atoms with Crippen LogP contribution < -0.4 is 30.1 Å². The van der Waals surface area contributed by atoms with Gasteiger partial charge in [0.05, 0.1) is 27.4 Å². The van der Waals surface area contributed by atoms with E-state index in [0.717, 1.165) is 11.1 Å². The molecule has 10 heteroatoms. The zero-order valence-electron chi connectivity index (χ0n) is 22.3. The number of rotatable bonds is 9. The molecule has 8 nitrogen and oxygen atoms in total. The fourth-order valence-electron chi connectivity index (χ4n) is 4.70. The van der Waals surface area contributed by atoms with E-state index in [1.807, 2.05) is 67.6 Å². The lowest BCUT2D eigenvalue weighted by Crippen LogP contribution is -2.39. The highest BCUT2D eigenvalue weighted by molar-refractivity contribution is 9.10. The lowest BCUT2D eigenvalue weighted by Gasteiger charge is -2.25. The number of carbonyl (C=O) groups excluding carboxylic acids is 2. The monoisotopic (exact) mass is 631 g/mol. The first-order valence-electron chi connectivity index (χ1n) is 12.8. The first kappa shape index (κ1) is 28.3. The number of nitrogens with two attached hydrogens (primary N) is 1. The molecule has 0 saturated carbocycles. The van der Waals surface area contributed by atoms with Gasteiger partial charge in [-0.15, -0.1) is 0 Å². The highest BCUT2D eigenvalue weighted by Crippen LogP contribution is 2.37. The van der Waals surface area contributed by atoms with Gasteiger partial charge in [-0.1, -0.05) is 72.0 Å². The van der Waals surface area contributed by atoms with Gasteiger partial charge in [0.25, 0.3) is 11.5 Å². The van der Waals surface area contributed by atoms with Crippen molar-refractivity contribution in [3.63, 3.8) is 0 Å². The highest BCUT2D eigenvalue weighted by Gasteiger charge is 2.32. The van der Waals surface area contributed by atoms with Crippen LogP contribution in [-0.2, 0) is 9.59 Å². The molecule has 5 rings (SSSR count). The van der Waals surface area contributed by atoms with E-state index in [1.54, 1.807) is 22.8 Å². The number of nitrogens with zero attached hydrogens (tertiary/aromatic N) is 2. The number of aromatic nitrogens is 1. The van der Waals surface area contributed by atoms with Crippen molar-refractivity contribution in [3.05, 3.63) is 119 Å². The van der Waals surface area contributed by atoms with Crippen molar-refractivity contribution in [1.29, 1.82) is 0 Å². The molecule has 0 spiro atoms. The van der Waals surface area contributed by atoms with Crippen molar-refractivity contribution < 1.29 is 19.1 Å². The molecular weight excluding hydrogens is 606 g/mol. The predicted molar refractivity (Wildman–Crippen MR) is 162 cm³/mol. The summed E-state index contributed by atoms with van der Waals surface area (Å²) in [4.78, 5) is 43.8. The molecule has 1 aliphatic heterocycles. The van der Waals surface area contributed by atoms with Gasteiger partial charge in [-0.2, -0.15) is 0 Å². The summed E-state index contributed by atoms with van der Waals surface area (Å²) in [6.45, 7) is 3.39. The summed E-state index contributed by atoms with van der Waals surface area (Å²) < 4.78 is 13.9. The summed E-state index contributed by atoms with van der Waals surface area (Å²) in [6, 6.07) is 21.9. The Morgan fingerprint density at radius 1 is 1.07 bits per heavy atom. The topological polar surface area (TPSA) is 113 Å². The number of hydrogen-bond donors (Lipinski definition) is 1. The fraction of sp³-hybridized carbons (Fsp3) is 0.161. The Bertz CT molecular complexity index is 1850. The molecule has 0 fully saturated rings. The summed E-state index contributed by atoms with van der Waals surface area (Å²) in [5.41, 5.74) is 8.27. The zero-order chi connectivity index (χ0) is 29.1. The van der Waals surface area contributed by atoms with E-state index in [4.69, 9.17) is 20.2 Å². The van der Waals surface area contributed by atoms with Crippen molar-refractivity contribution in [2.24, 2.45) is 10.7 Å². The molecule has 1 amide bonds. The van der Waals surface area contributed by atoms with Gasteiger partial charge in [-0.3, -0.25) is 19.0 Å². The van der Waals surface area contributed by atoms with Gasteiger partial charge in [-0.05, 0) is 59.1 Å². The SMILES string of the molecule is CCOc1cc(/C=c2/sc3n(c2=O)C(c2ccccc2)C(C(C)=O)=C(c2ccccc2)N=3)cc(Br)c1OCC(N)=O. The van der Waals surface area contributed by atoms with Crippen molar-refractivity contribution >= 4 is 50.7 Å². The number of carbonyl (C=O) groups is 2. The maximum atomic E-state index is 14.0. The van der Waals surface area contributed by atoms with Gasteiger partial charge in [0, 0.05) is 11.1 Å². The Labute approximate surface area is 248 Å². The Morgan fingerprint density at radius 3 is 2.39 bits per heavy atom. The fourth-order valence-corrected chi connectivity index (χ4v) is 6.28. The van der Waals surface area contributed by atoms with E-state index in [0.29, 0.717) is 48.7 Å². The third kappa shape index (κ3) is 5.79. The lowest BCUT2D eigenvalue weighted by molar-refractivity contribution is -0.120. The van der Waals surface area contributed by atoms with Gasteiger partial charge >= 0.3 is 0 Å². The summed E-state index contributed by atoms with van der Waals surface area (Å²) in [5, 5.41) is 0. The van der Waals surface area contributed by atoms with Gasteiger partial charge in [0.15, 0.2) is 28.7 Å². The van der Waals surface area contributed by atoms with E-state index in [2.05, 4.69) is 15.9 Å². The van der Waals surface area contributed by atoms with Gasteiger partial charge in [0.2, 0.25) is 0 Å². The van der Waals surface area contributed by atoms with Crippen molar-refractivity contribution in [2.75, 3.05) is 13.2 Å². The van der Waals surface area contributed by atoms with Crippen LogP contribution in [0.3, 0.4) is 0 Å². The van der Waals surface area contributed by atoms with Crippen LogP contribution in [0.25, 0.3) is 11.8 Å². The average molecular weight is 633 g/mol. The number of amides is 1. The predicted octanol–water partition coefficient (Wildman–Crippen LogP) is 3.99. The second-order valence-electron chi connectivity index (χ2n) is 9.20. The quantitative estimate of drug-likeness (QED) is 0.300. The summed E-state index contributed by atoms with van der Waals surface area (Å²) in [5.74, 6) is -0.0358. The Kier molecular flexibility index (Phi) is 8.32. The number of Topliss-reactive ketones (excluding diaryl/α,β-unsaturated/α-hetero) is 1. The van der Waals surface area contributed by atoms with Crippen LogP contribution in [0, 0.1) is 0 Å². The molecule has 1 aliphatic rings. The number of benzene rings is 3. The molecule has 2 N–H and O–H groups in total. The zero-order valence-corrected chi connectivity index (χ0v) is 24.7. The number of allylic oxidation sites excluding steroid dienone is 1. The second kappa shape index (κ2) is 12.1. The van der Waals surface area contributed by atoms with Crippen molar-refractivity contribution in [2.45, 2.75) is 19.9 Å². The maximum Gasteiger partial charge on any atom is 0.271 e. The molecule has 1 unspecified atom stereocenters. The van der Waals surface area contributed by atoms with Crippen molar-refractivity contribution in [3.8, 4) is 11.5 Å². The Morgan fingerprint density at radius 2 is 1.76 bits per heavy atom. The largest absolute Gasteiger partial charge is 0.490 e. The highest BCUT2D eigenvalue weighted by atomic mass is 79.9. The number of ether oxygens (including phenoxy) is 2. The number of primary amides is 1. The lowest BCUT2D eigenvalue weighted by atomic mass is 9.91. The minimum atomic E-state index is -0.641. The molecule has 2 heterocycles. The van der Waals surface area contributed by atoms with Crippen molar-refractivity contribution in [1.82, 2.24) is 4.57 Å². The number of halogens is 1. The molecule has 208 valence electrons. The molecule has 0 radical (unpaired) electrons.